The Labute approximate surface area is 110 Å². The van der Waals surface area contributed by atoms with E-state index in [0.717, 1.165) is 29.4 Å². The maximum atomic E-state index is 10.8. The number of hydrogen-bond donors (Lipinski definition) is 1. The van der Waals surface area contributed by atoms with Crippen molar-refractivity contribution in [2.24, 2.45) is 0 Å². The fourth-order valence-corrected chi connectivity index (χ4v) is 2.32. The third-order valence-electron chi connectivity index (χ3n) is 3.02. The molecule has 0 amide bonds. The summed E-state index contributed by atoms with van der Waals surface area (Å²) >= 11 is 3.50. The van der Waals surface area contributed by atoms with Gasteiger partial charge in [-0.25, -0.2) is 0 Å². The molecule has 1 aromatic rings. The van der Waals surface area contributed by atoms with E-state index in [0.29, 0.717) is 6.04 Å². The maximum Gasteiger partial charge on any atom is 0.317 e. The fourth-order valence-electron chi connectivity index (χ4n) is 1.90. The second-order valence-corrected chi connectivity index (χ2v) is 5.47. The molecule has 0 heterocycles. The predicted octanol–water partition coefficient (Wildman–Crippen LogP) is 2.81. The van der Waals surface area contributed by atoms with Crippen LogP contribution in [0.25, 0.3) is 0 Å². The summed E-state index contributed by atoms with van der Waals surface area (Å²) in [7, 11) is 0. The number of aliphatic carboxylic acids is 1. The molecular formula is C13H16BrNO2. The molecule has 0 bridgehead atoms. The van der Waals surface area contributed by atoms with Crippen molar-refractivity contribution < 1.29 is 9.90 Å². The Morgan fingerprint density at radius 3 is 2.76 bits per heavy atom. The van der Waals surface area contributed by atoms with E-state index in [1.807, 2.05) is 11.8 Å². The Morgan fingerprint density at radius 2 is 2.24 bits per heavy atom. The van der Waals surface area contributed by atoms with Gasteiger partial charge in [0, 0.05) is 17.1 Å². The lowest BCUT2D eigenvalue weighted by molar-refractivity contribution is -0.138. The Morgan fingerprint density at radius 1 is 1.53 bits per heavy atom. The van der Waals surface area contributed by atoms with Crippen LogP contribution in [0.5, 0.6) is 0 Å². The Hall–Kier alpha value is -0.870. The molecule has 92 valence electrons. The highest BCUT2D eigenvalue weighted by atomic mass is 79.9. The molecule has 1 aliphatic carbocycles. The Kier molecular flexibility index (Phi) is 3.84. The van der Waals surface area contributed by atoms with Crippen LogP contribution in [0.2, 0.25) is 0 Å². The highest BCUT2D eigenvalue weighted by Gasteiger charge is 2.30. The molecule has 17 heavy (non-hydrogen) atoms. The molecule has 0 radical (unpaired) electrons. The number of halogens is 1. The van der Waals surface area contributed by atoms with E-state index in [2.05, 4.69) is 34.1 Å². The molecule has 1 aromatic carbocycles. The van der Waals surface area contributed by atoms with Gasteiger partial charge in [0.2, 0.25) is 0 Å². The van der Waals surface area contributed by atoms with Crippen molar-refractivity contribution in [3.63, 3.8) is 0 Å². The molecule has 0 aromatic heterocycles. The van der Waals surface area contributed by atoms with Crippen LogP contribution >= 0.6 is 15.9 Å². The standard InChI is InChI=1S/C13H16BrNO2/c1-9-2-3-10(6-12(9)14)7-15(8-13(16)17)11-4-5-11/h2-3,6,11H,4-5,7-8H2,1H3,(H,16,17). The van der Waals surface area contributed by atoms with Gasteiger partial charge in [0.25, 0.3) is 0 Å². The van der Waals surface area contributed by atoms with Gasteiger partial charge in [0.15, 0.2) is 0 Å². The topological polar surface area (TPSA) is 40.5 Å². The lowest BCUT2D eigenvalue weighted by atomic mass is 10.1. The van der Waals surface area contributed by atoms with Gasteiger partial charge in [-0.1, -0.05) is 28.1 Å². The van der Waals surface area contributed by atoms with Crippen molar-refractivity contribution in [2.45, 2.75) is 32.4 Å². The van der Waals surface area contributed by atoms with Gasteiger partial charge in [-0.2, -0.15) is 0 Å². The zero-order chi connectivity index (χ0) is 12.4. The smallest absolute Gasteiger partial charge is 0.317 e. The molecule has 0 unspecified atom stereocenters. The second-order valence-electron chi connectivity index (χ2n) is 4.61. The van der Waals surface area contributed by atoms with Crippen LogP contribution in [0.1, 0.15) is 24.0 Å². The Balaban J connectivity index is 2.06. The maximum absolute atomic E-state index is 10.8. The minimum absolute atomic E-state index is 0.135. The zero-order valence-corrected chi connectivity index (χ0v) is 11.4. The molecule has 4 heteroatoms. The lowest BCUT2D eigenvalue weighted by Gasteiger charge is -2.20. The summed E-state index contributed by atoms with van der Waals surface area (Å²) in [5.74, 6) is -0.747. The van der Waals surface area contributed by atoms with E-state index < -0.39 is 5.97 Å². The van der Waals surface area contributed by atoms with E-state index in [4.69, 9.17) is 5.11 Å². The van der Waals surface area contributed by atoms with Crippen molar-refractivity contribution >= 4 is 21.9 Å². The molecule has 2 rings (SSSR count). The molecule has 0 spiro atoms. The summed E-state index contributed by atoms with van der Waals surface area (Å²) in [5, 5.41) is 8.89. The molecule has 0 saturated heterocycles. The summed E-state index contributed by atoms with van der Waals surface area (Å²) in [4.78, 5) is 12.8. The quantitative estimate of drug-likeness (QED) is 0.908. The van der Waals surface area contributed by atoms with Crippen molar-refractivity contribution in [3.8, 4) is 0 Å². The van der Waals surface area contributed by atoms with Crippen molar-refractivity contribution in [1.82, 2.24) is 4.90 Å². The number of rotatable bonds is 5. The first kappa shape index (κ1) is 12.6. The number of carbonyl (C=O) groups is 1. The number of nitrogens with zero attached hydrogens (tertiary/aromatic N) is 1. The number of benzene rings is 1. The van der Waals surface area contributed by atoms with Gasteiger partial charge in [0.1, 0.15) is 0 Å². The second kappa shape index (κ2) is 5.19. The van der Waals surface area contributed by atoms with Gasteiger partial charge < -0.3 is 5.11 Å². The van der Waals surface area contributed by atoms with Gasteiger partial charge in [-0.3, -0.25) is 9.69 Å². The number of carboxylic acids is 1. The van der Waals surface area contributed by atoms with E-state index in [1.54, 1.807) is 0 Å². The van der Waals surface area contributed by atoms with Crippen LogP contribution in [0.3, 0.4) is 0 Å². The molecule has 3 nitrogen and oxygen atoms in total. The minimum atomic E-state index is -0.747. The number of carboxylic acid groups (broad SMARTS) is 1. The van der Waals surface area contributed by atoms with Gasteiger partial charge >= 0.3 is 5.97 Å². The highest BCUT2D eigenvalue weighted by Crippen LogP contribution is 2.28. The van der Waals surface area contributed by atoms with Crippen LogP contribution in [0, 0.1) is 6.92 Å². The van der Waals surface area contributed by atoms with Crippen LogP contribution in [-0.2, 0) is 11.3 Å². The monoisotopic (exact) mass is 297 g/mol. The summed E-state index contributed by atoms with van der Waals surface area (Å²) in [6.07, 6.45) is 2.25. The van der Waals surface area contributed by atoms with Gasteiger partial charge in [-0.05, 0) is 37.0 Å². The van der Waals surface area contributed by atoms with Gasteiger partial charge in [0.05, 0.1) is 6.54 Å². The SMILES string of the molecule is Cc1ccc(CN(CC(=O)O)C2CC2)cc1Br. The largest absolute Gasteiger partial charge is 0.480 e. The van der Waals surface area contributed by atoms with Crippen LogP contribution in [0.15, 0.2) is 22.7 Å². The number of hydrogen-bond acceptors (Lipinski definition) is 2. The molecule has 0 aliphatic heterocycles. The zero-order valence-electron chi connectivity index (χ0n) is 9.82. The lowest BCUT2D eigenvalue weighted by Crippen LogP contribution is -2.31. The van der Waals surface area contributed by atoms with Crippen LogP contribution in [0.4, 0.5) is 0 Å². The van der Waals surface area contributed by atoms with Crippen LogP contribution < -0.4 is 0 Å². The molecule has 0 atom stereocenters. The summed E-state index contributed by atoms with van der Waals surface area (Å²) in [6, 6.07) is 6.67. The normalized spacial score (nSPS) is 15.2. The van der Waals surface area contributed by atoms with E-state index in [1.165, 1.54) is 5.56 Å². The molecular weight excluding hydrogens is 282 g/mol. The Bertz CT molecular complexity index is 429. The summed E-state index contributed by atoms with van der Waals surface area (Å²) in [5.41, 5.74) is 2.36. The first-order chi connectivity index (χ1) is 8.06. The number of aryl methyl sites for hydroxylation is 1. The first-order valence-corrected chi connectivity index (χ1v) is 6.56. The molecule has 1 saturated carbocycles. The molecule has 1 N–H and O–H groups in total. The van der Waals surface area contributed by atoms with E-state index >= 15 is 0 Å². The van der Waals surface area contributed by atoms with Gasteiger partial charge in [-0.15, -0.1) is 0 Å². The molecule has 1 fully saturated rings. The highest BCUT2D eigenvalue weighted by molar-refractivity contribution is 9.10. The summed E-state index contributed by atoms with van der Waals surface area (Å²) < 4.78 is 1.08. The fraction of sp³-hybridized carbons (Fsp3) is 0.462. The van der Waals surface area contributed by atoms with Crippen molar-refractivity contribution in [3.05, 3.63) is 33.8 Å². The first-order valence-electron chi connectivity index (χ1n) is 5.77. The minimum Gasteiger partial charge on any atom is -0.480 e. The van der Waals surface area contributed by atoms with E-state index in [9.17, 15) is 4.79 Å². The van der Waals surface area contributed by atoms with Crippen LogP contribution in [-0.4, -0.2) is 28.6 Å². The summed E-state index contributed by atoms with van der Waals surface area (Å²) in [6.45, 7) is 2.90. The average Bonchev–Trinajstić information content (AvgIpc) is 3.05. The predicted molar refractivity (Wildman–Crippen MR) is 69.9 cm³/mol. The third-order valence-corrected chi connectivity index (χ3v) is 3.88. The molecule has 1 aliphatic rings. The average molecular weight is 298 g/mol. The van der Waals surface area contributed by atoms with Crippen molar-refractivity contribution in [2.75, 3.05) is 6.54 Å². The van der Waals surface area contributed by atoms with Crippen molar-refractivity contribution in [1.29, 1.82) is 0 Å². The third kappa shape index (κ3) is 3.54. The van der Waals surface area contributed by atoms with E-state index in [-0.39, 0.29) is 6.54 Å².